The van der Waals surface area contributed by atoms with Gasteiger partial charge >= 0.3 is 0 Å². The lowest BCUT2D eigenvalue weighted by atomic mass is 9.80. The average molecular weight is 200 g/mol. The predicted octanol–water partition coefficient (Wildman–Crippen LogP) is 0.234. The number of nitrogens with zero attached hydrogens (tertiary/aromatic N) is 1. The molecule has 2 aliphatic rings. The molecule has 0 saturated carbocycles. The third kappa shape index (κ3) is 1.67. The predicted molar refractivity (Wildman–Crippen MR) is 53.6 cm³/mol. The zero-order valence-corrected chi connectivity index (χ0v) is 9.03. The molecule has 2 heterocycles. The van der Waals surface area contributed by atoms with Crippen LogP contribution in [0, 0.1) is 11.3 Å². The highest BCUT2D eigenvalue weighted by Crippen LogP contribution is 2.42. The van der Waals surface area contributed by atoms with Crippen LogP contribution in [0.15, 0.2) is 0 Å². The quantitative estimate of drug-likeness (QED) is 0.663. The van der Waals surface area contributed by atoms with Crippen LogP contribution in [-0.4, -0.2) is 43.9 Å². The van der Waals surface area contributed by atoms with Crippen molar-refractivity contribution in [1.82, 2.24) is 4.90 Å². The van der Waals surface area contributed by atoms with E-state index in [0.29, 0.717) is 24.0 Å². The number of rotatable bonds is 3. The molecule has 82 valence electrons. The Hall–Kier alpha value is -0.160. The van der Waals surface area contributed by atoms with Gasteiger partial charge in [0.1, 0.15) is 0 Å². The van der Waals surface area contributed by atoms with Gasteiger partial charge in [-0.3, -0.25) is 4.90 Å². The third-order valence-electron chi connectivity index (χ3n) is 3.63. The van der Waals surface area contributed by atoms with Crippen molar-refractivity contribution in [3.8, 4) is 0 Å². The van der Waals surface area contributed by atoms with Crippen molar-refractivity contribution in [1.29, 1.82) is 0 Å². The fourth-order valence-electron chi connectivity index (χ4n) is 2.82. The first-order valence-corrected chi connectivity index (χ1v) is 5.28. The fraction of sp³-hybridized carbons (Fsp3) is 1.00. The molecule has 0 aromatic rings. The lowest BCUT2D eigenvalue weighted by molar-refractivity contribution is 0.0816. The number of likely N-dealkylation sites (tertiary alicyclic amines) is 1. The van der Waals surface area contributed by atoms with E-state index in [2.05, 4.69) is 23.6 Å². The van der Waals surface area contributed by atoms with Crippen molar-refractivity contribution in [2.45, 2.75) is 19.9 Å². The first-order chi connectivity index (χ1) is 6.65. The monoisotopic (exact) mass is 200 g/mol. The van der Waals surface area contributed by atoms with Gasteiger partial charge in [-0.2, -0.15) is 0 Å². The van der Waals surface area contributed by atoms with E-state index in [4.69, 9.17) is 10.6 Å². The van der Waals surface area contributed by atoms with Crippen molar-refractivity contribution in [2.24, 2.45) is 17.2 Å². The summed E-state index contributed by atoms with van der Waals surface area (Å²) in [5, 5.41) is 0. The maximum absolute atomic E-state index is 5.54. The van der Waals surface area contributed by atoms with Gasteiger partial charge in [0.2, 0.25) is 0 Å². The van der Waals surface area contributed by atoms with Crippen molar-refractivity contribution >= 4 is 0 Å². The zero-order valence-electron chi connectivity index (χ0n) is 9.03. The molecule has 0 aromatic carbocycles. The van der Waals surface area contributed by atoms with E-state index in [1.165, 1.54) is 0 Å². The normalized spacial score (nSPS) is 36.2. The molecule has 0 spiro atoms. The van der Waals surface area contributed by atoms with Crippen LogP contribution < -0.4 is 5.90 Å². The molecule has 2 fully saturated rings. The highest BCUT2D eigenvalue weighted by Gasteiger charge is 2.49. The summed E-state index contributed by atoms with van der Waals surface area (Å²) in [6, 6.07) is 0.583. The standard InChI is InChI=1S/C10H20N2O2/c1-10(2)7-12(3-4-14-11)9-6-13-5-8(9)10/h8-9H,3-7,11H2,1-2H3. The summed E-state index contributed by atoms with van der Waals surface area (Å²) in [4.78, 5) is 7.09. The first-order valence-electron chi connectivity index (χ1n) is 5.28. The highest BCUT2D eigenvalue weighted by atomic mass is 16.6. The van der Waals surface area contributed by atoms with Crippen molar-refractivity contribution in [2.75, 3.05) is 32.9 Å². The summed E-state index contributed by atoms with van der Waals surface area (Å²) in [6.07, 6.45) is 0. The molecule has 4 nitrogen and oxygen atoms in total. The average Bonchev–Trinajstić information content (AvgIpc) is 2.67. The van der Waals surface area contributed by atoms with Crippen LogP contribution in [0.3, 0.4) is 0 Å². The molecule has 0 radical (unpaired) electrons. The minimum absolute atomic E-state index is 0.371. The van der Waals surface area contributed by atoms with Crippen molar-refractivity contribution < 1.29 is 9.57 Å². The lowest BCUT2D eigenvalue weighted by Gasteiger charge is -2.23. The molecule has 0 aromatic heterocycles. The molecule has 2 atom stereocenters. The largest absolute Gasteiger partial charge is 0.379 e. The van der Waals surface area contributed by atoms with E-state index in [1.807, 2.05) is 0 Å². The van der Waals surface area contributed by atoms with Crippen molar-refractivity contribution in [3.63, 3.8) is 0 Å². The second kappa shape index (κ2) is 3.77. The van der Waals surface area contributed by atoms with Gasteiger partial charge in [-0.1, -0.05) is 13.8 Å². The van der Waals surface area contributed by atoms with Gasteiger partial charge in [0.25, 0.3) is 0 Å². The maximum Gasteiger partial charge on any atom is 0.0806 e. The summed E-state index contributed by atoms with van der Waals surface area (Å²) in [5.74, 6) is 5.73. The molecule has 2 aliphatic heterocycles. The smallest absolute Gasteiger partial charge is 0.0806 e. The summed E-state index contributed by atoms with van der Waals surface area (Å²) in [6.45, 7) is 9.10. The Bertz CT molecular complexity index is 208. The Balaban J connectivity index is 2.00. The third-order valence-corrected chi connectivity index (χ3v) is 3.63. The first kappa shape index (κ1) is 10.4. The SMILES string of the molecule is CC1(C)CN(CCON)C2COCC21. The minimum atomic E-state index is 0.371. The van der Waals surface area contributed by atoms with Gasteiger partial charge < -0.3 is 9.57 Å². The summed E-state index contributed by atoms with van der Waals surface area (Å²) in [7, 11) is 0. The molecular formula is C10H20N2O2. The molecule has 14 heavy (non-hydrogen) atoms. The van der Waals surface area contributed by atoms with Gasteiger partial charge in [0, 0.05) is 25.0 Å². The second-order valence-corrected chi connectivity index (χ2v) is 5.04. The molecule has 0 bridgehead atoms. The van der Waals surface area contributed by atoms with E-state index in [0.717, 1.165) is 26.3 Å². The molecule has 2 saturated heterocycles. The molecular weight excluding hydrogens is 180 g/mol. The Morgan fingerprint density at radius 1 is 1.50 bits per heavy atom. The second-order valence-electron chi connectivity index (χ2n) is 5.04. The summed E-state index contributed by atoms with van der Waals surface area (Å²) >= 11 is 0. The number of hydrogen-bond donors (Lipinski definition) is 1. The molecule has 2 unspecified atom stereocenters. The molecule has 2 rings (SSSR count). The van der Waals surface area contributed by atoms with Crippen LogP contribution in [0.4, 0.5) is 0 Å². The zero-order chi connectivity index (χ0) is 10.2. The molecule has 0 aliphatic carbocycles. The van der Waals surface area contributed by atoms with E-state index in [9.17, 15) is 0 Å². The minimum Gasteiger partial charge on any atom is -0.379 e. The van der Waals surface area contributed by atoms with E-state index >= 15 is 0 Å². The van der Waals surface area contributed by atoms with Gasteiger partial charge in [-0.25, -0.2) is 5.90 Å². The van der Waals surface area contributed by atoms with Gasteiger partial charge in [0.05, 0.1) is 19.8 Å². The Kier molecular flexibility index (Phi) is 2.79. The summed E-state index contributed by atoms with van der Waals surface area (Å²) in [5.41, 5.74) is 0.371. The summed E-state index contributed by atoms with van der Waals surface area (Å²) < 4.78 is 5.54. The van der Waals surface area contributed by atoms with Crippen LogP contribution in [0.2, 0.25) is 0 Å². The van der Waals surface area contributed by atoms with Crippen LogP contribution in [0.5, 0.6) is 0 Å². The highest BCUT2D eigenvalue weighted by molar-refractivity contribution is 5.00. The molecule has 2 N–H and O–H groups in total. The number of hydrogen-bond acceptors (Lipinski definition) is 4. The van der Waals surface area contributed by atoms with Crippen molar-refractivity contribution in [3.05, 3.63) is 0 Å². The number of fused-ring (bicyclic) bond motifs is 1. The number of ether oxygens (including phenoxy) is 1. The van der Waals surface area contributed by atoms with Crippen LogP contribution in [0.25, 0.3) is 0 Å². The maximum atomic E-state index is 5.54. The molecule has 0 amide bonds. The lowest BCUT2D eigenvalue weighted by Crippen LogP contribution is -2.35. The Morgan fingerprint density at radius 2 is 2.29 bits per heavy atom. The van der Waals surface area contributed by atoms with E-state index in [1.54, 1.807) is 0 Å². The van der Waals surface area contributed by atoms with Crippen LogP contribution >= 0.6 is 0 Å². The van der Waals surface area contributed by atoms with Crippen LogP contribution in [-0.2, 0) is 9.57 Å². The topological polar surface area (TPSA) is 47.7 Å². The number of nitrogens with two attached hydrogens (primary N) is 1. The fourth-order valence-corrected chi connectivity index (χ4v) is 2.82. The van der Waals surface area contributed by atoms with E-state index < -0.39 is 0 Å². The van der Waals surface area contributed by atoms with E-state index in [-0.39, 0.29) is 0 Å². The molecule has 4 heteroatoms. The Morgan fingerprint density at radius 3 is 3.00 bits per heavy atom. The van der Waals surface area contributed by atoms with Gasteiger partial charge in [0.15, 0.2) is 0 Å². The van der Waals surface area contributed by atoms with Gasteiger partial charge in [-0.05, 0) is 5.41 Å². The van der Waals surface area contributed by atoms with Gasteiger partial charge in [-0.15, -0.1) is 0 Å². The van der Waals surface area contributed by atoms with Crippen LogP contribution in [0.1, 0.15) is 13.8 Å². The Labute approximate surface area is 85.3 Å².